The zero-order valence-electron chi connectivity index (χ0n) is 11.1. The molecule has 1 aliphatic carbocycles. The molecule has 1 aromatic carbocycles. The first-order valence-corrected chi connectivity index (χ1v) is 6.74. The molecule has 0 saturated heterocycles. The summed E-state index contributed by atoms with van der Waals surface area (Å²) < 4.78 is 6.73. The molecule has 1 fully saturated rings. The number of benzene rings is 1. The highest BCUT2D eigenvalue weighted by Gasteiger charge is 2.42. The van der Waals surface area contributed by atoms with Crippen molar-refractivity contribution < 1.29 is 14.3 Å². The Morgan fingerprint density at radius 3 is 2.90 bits per heavy atom. The average Bonchev–Trinajstić information content (AvgIpc) is 3.20. The Hall–Kier alpha value is -2.30. The first-order valence-electron chi connectivity index (χ1n) is 6.74. The molecule has 0 bridgehead atoms. The molecule has 102 valence electrons. The van der Waals surface area contributed by atoms with Gasteiger partial charge in [-0.15, -0.1) is 0 Å². The van der Waals surface area contributed by atoms with E-state index in [1.54, 1.807) is 6.07 Å². The van der Waals surface area contributed by atoms with E-state index in [4.69, 9.17) is 4.74 Å². The van der Waals surface area contributed by atoms with Crippen LogP contribution in [0.5, 0.6) is 0 Å². The van der Waals surface area contributed by atoms with Crippen molar-refractivity contribution in [1.82, 2.24) is 4.57 Å². The highest BCUT2D eigenvalue weighted by atomic mass is 16.5. The molecule has 1 amide bonds. The van der Waals surface area contributed by atoms with Crippen molar-refractivity contribution in [3.63, 3.8) is 0 Å². The minimum absolute atomic E-state index is 0.0335. The van der Waals surface area contributed by atoms with Crippen molar-refractivity contribution in [2.24, 2.45) is 5.92 Å². The van der Waals surface area contributed by atoms with Gasteiger partial charge in [0.25, 0.3) is 0 Å². The fourth-order valence-corrected chi connectivity index (χ4v) is 3.10. The summed E-state index contributed by atoms with van der Waals surface area (Å²) in [5.41, 5.74) is 2.14. The standard InChI is InChI=1S/C15H14N2O3/c1-20-15(19)11-7-9-3-2-4-10-12(9)17(11)13(8-5-6-8)14(18)16-10/h2-4,7-8,13H,5-6H2,1H3,(H,16,18). The third kappa shape index (κ3) is 1.43. The summed E-state index contributed by atoms with van der Waals surface area (Å²) in [4.78, 5) is 24.4. The van der Waals surface area contributed by atoms with Gasteiger partial charge in [-0.1, -0.05) is 12.1 Å². The van der Waals surface area contributed by atoms with Crippen molar-refractivity contribution in [2.45, 2.75) is 18.9 Å². The van der Waals surface area contributed by atoms with Crippen molar-refractivity contribution in [3.05, 3.63) is 30.0 Å². The van der Waals surface area contributed by atoms with E-state index in [0.717, 1.165) is 29.4 Å². The van der Waals surface area contributed by atoms with Gasteiger partial charge in [0.2, 0.25) is 5.91 Å². The topological polar surface area (TPSA) is 60.3 Å². The first-order chi connectivity index (χ1) is 9.70. The predicted octanol–water partition coefficient (Wildman–Crippen LogP) is 2.33. The van der Waals surface area contributed by atoms with Crippen LogP contribution in [0.2, 0.25) is 0 Å². The lowest BCUT2D eigenvalue weighted by Crippen LogP contribution is -2.33. The number of rotatable bonds is 2. The number of carbonyl (C=O) groups is 2. The zero-order chi connectivity index (χ0) is 13.9. The van der Waals surface area contributed by atoms with E-state index in [9.17, 15) is 9.59 Å². The van der Waals surface area contributed by atoms with Gasteiger partial charge in [0.05, 0.1) is 18.3 Å². The van der Waals surface area contributed by atoms with Gasteiger partial charge in [0, 0.05) is 5.39 Å². The second-order valence-corrected chi connectivity index (χ2v) is 5.41. The normalized spacial score (nSPS) is 20.9. The maximum absolute atomic E-state index is 12.4. The van der Waals surface area contributed by atoms with E-state index >= 15 is 0 Å². The summed E-state index contributed by atoms with van der Waals surface area (Å²) in [5, 5.41) is 3.91. The summed E-state index contributed by atoms with van der Waals surface area (Å²) in [5.74, 6) is -0.108. The molecule has 2 heterocycles. The highest BCUT2D eigenvalue weighted by molar-refractivity contribution is 6.09. The Morgan fingerprint density at radius 1 is 1.40 bits per heavy atom. The molecule has 1 saturated carbocycles. The number of aromatic nitrogens is 1. The van der Waals surface area contributed by atoms with Crippen LogP contribution < -0.4 is 5.32 Å². The second-order valence-electron chi connectivity index (χ2n) is 5.41. The summed E-state index contributed by atoms with van der Waals surface area (Å²) in [6, 6.07) is 7.20. The number of para-hydroxylation sites is 1. The second kappa shape index (κ2) is 3.85. The van der Waals surface area contributed by atoms with Crippen LogP contribution in [0.25, 0.3) is 10.9 Å². The number of anilines is 1. The quantitative estimate of drug-likeness (QED) is 0.852. The third-order valence-electron chi connectivity index (χ3n) is 4.13. The first kappa shape index (κ1) is 11.5. The summed E-state index contributed by atoms with van der Waals surface area (Å²) in [6.07, 6.45) is 2.06. The Labute approximate surface area is 115 Å². The molecule has 1 aromatic heterocycles. The minimum Gasteiger partial charge on any atom is -0.464 e. The number of nitrogens with one attached hydrogen (secondary N) is 1. The van der Waals surface area contributed by atoms with Crippen LogP contribution >= 0.6 is 0 Å². The van der Waals surface area contributed by atoms with Crippen molar-refractivity contribution >= 4 is 28.5 Å². The lowest BCUT2D eigenvalue weighted by molar-refractivity contribution is -0.120. The fraction of sp³-hybridized carbons (Fsp3) is 0.333. The molecule has 1 atom stereocenters. The number of amides is 1. The molecule has 2 aromatic rings. The van der Waals surface area contributed by atoms with Gasteiger partial charge >= 0.3 is 5.97 Å². The van der Waals surface area contributed by atoms with E-state index in [1.807, 2.05) is 22.8 Å². The average molecular weight is 270 g/mol. The molecule has 1 N–H and O–H groups in total. The molecule has 5 heteroatoms. The Bertz CT molecular complexity index is 743. The number of nitrogens with zero attached hydrogens (tertiary/aromatic N) is 1. The number of ether oxygens (including phenoxy) is 1. The number of hydrogen-bond donors (Lipinski definition) is 1. The van der Waals surface area contributed by atoms with Crippen LogP contribution in [0.1, 0.15) is 29.4 Å². The summed E-state index contributed by atoms with van der Waals surface area (Å²) in [7, 11) is 1.36. The highest BCUT2D eigenvalue weighted by Crippen LogP contribution is 2.46. The van der Waals surface area contributed by atoms with Crippen molar-refractivity contribution in [2.75, 3.05) is 12.4 Å². The van der Waals surface area contributed by atoms with Crippen LogP contribution in [0, 0.1) is 5.92 Å². The molecular formula is C15H14N2O3. The van der Waals surface area contributed by atoms with E-state index in [1.165, 1.54) is 7.11 Å². The van der Waals surface area contributed by atoms with Gasteiger partial charge in [0.1, 0.15) is 11.7 Å². The Balaban J connectivity index is 2.04. The number of carbonyl (C=O) groups excluding carboxylic acids is 2. The molecule has 20 heavy (non-hydrogen) atoms. The Morgan fingerprint density at radius 2 is 2.20 bits per heavy atom. The minimum atomic E-state index is -0.396. The zero-order valence-corrected chi connectivity index (χ0v) is 11.1. The van der Waals surface area contributed by atoms with Crippen LogP contribution in [0.15, 0.2) is 24.3 Å². The monoisotopic (exact) mass is 270 g/mol. The molecule has 0 spiro atoms. The fourth-order valence-electron chi connectivity index (χ4n) is 3.10. The Kier molecular flexibility index (Phi) is 2.22. The number of hydrogen-bond acceptors (Lipinski definition) is 3. The predicted molar refractivity (Wildman–Crippen MR) is 73.7 cm³/mol. The largest absolute Gasteiger partial charge is 0.464 e. The van der Waals surface area contributed by atoms with E-state index in [0.29, 0.717) is 11.6 Å². The van der Waals surface area contributed by atoms with Crippen molar-refractivity contribution in [1.29, 1.82) is 0 Å². The SMILES string of the molecule is COC(=O)c1cc2cccc3c2n1C(C1CC1)C(=O)N3. The van der Waals surface area contributed by atoms with Crippen LogP contribution in [0.4, 0.5) is 5.69 Å². The van der Waals surface area contributed by atoms with Crippen molar-refractivity contribution in [3.8, 4) is 0 Å². The maximum atomic E-state index is 12.4. The van der Waals surface area contributed by atoms with Gasteiger partial charge in [-0.2, -0.15) is 0 Å². The summed E-state index contributed by atoms with van der Waals surface area (Å²) >= 11 is 0. The molecule has 4 rings (SSSR count). The van der Waals surface area contributed by atoms with E-state index < -0.39 is 5.97 Å². The summed E-state index contributed by atoms with van der Waals surface area (Å²) in [6.45, 7) is 0. The van der Waals surface area contributed by atoms with Crippen LogP contribution in [0.3, 0.4) is 0 Å². The van der Waals surface area contributed by atoms with Gasteiger partial charge in [-0.05, 0) is 30.9 Å². The third-order valence-corrected chi connectivity index (χ3v) is 4.13. The number of methoxy groups -OCH3 is 1. The van der Waals surface area contributed by atoms with E-state index in [2.05, 4.69) is 5.32 Å². The molecule has 1 unspecified atom stereocenters. The smallest absolute Gasteiger partial charge is 0.354 e. The van der Waals surface area contributed by atoms with Crippen LogP contribution in [-0.2, 0) is 9.53 Å². The molecule has 5 nitrogen and oxygen atoms in total. The van der Waals surface area contributed by atoms with Gasteiger partial charge in [-0.25, -0.2) is 4.79 Å². The molecular weight excluding hydrogens is 256 g/mol. The maximum Gasteiger partial charge on any atom is 0.354 e. The molecule has 1 aliphatic heterocycles. The van der Waals surface area contributed by atoms with E-state index in [-0.39, 0.29) is 11.9 Å². The lowest BCUT2D eigenvalue weighted by Gasteiger charge is -2.26. The lowest BCUT2D eigenvalue weighted by atomic mass is 10.1. The van der Waals surface area contributed by atoms with Gasteiger partial charge in [-0.3, -0.25) is 4.79 Å². The van der Waals surface area contributed by atoms with Crippen LogP contribution in [-0.4, -0.2) is 23.6 Å². The van der Waals surface area contributed by atoms with Gasteiger partial charge < -0.3 is 14.6 Å². The number of esters is 1. The molecule has 2 aliphatic rings. The molecule has 0 radical (unpaired) electrons. The van der Waals surface area contributed by atoms with Gasteiger partial charge in [0.15, 0.2) is 0 Å².